The Labute approximate surface area is 52.1 Å². The predicted octanol–water partition coefficient (Wildman–Crippen LogP) is 0.136. The lowest BCUT2D eigenvalue weighted by Gasteiger charge is -1.84. The predicted molar refractivity (Wildman–Crippen MR) is 30.8 cm³/mol. The quantitative estimate of drug-likeness (QED) is 0.456. The third-order valence-corrected chi connectivity index (χ3v) is 1.94. The van der Waals surface area contributed by atoms with Crippen LogP contribution in [0.5, 0.6) is 0 Å². The van der Waals surface area contributed by atoms with Crippen molar-refractivity contribution in [3.05, 3.63) is 28.7 Å². The number of hydrogen-bond donors (Lipinski definition) is 0. The summed E-state index contributed by atoms with van der Waals surface area (Å²) in [5, 5.41) is 0.847. The Morgan fingerprint density at radius 2 is 1.89 bits per heavy atom. The molecule has 0 bridgehead atoms. The van der Waals surface area contributed by atoms with Gasteiger partial charge in [0.1, 0.15) is 5.41 Å². The molecule has 0 spiro atoms. The van der Waals surface area contributed by atoms with Crippen LogP contribution in [-0.4, -0.2) is 12.6 Å². The molecule has 1 heterocycles. The zero-order chi connectivity index (χ0) is 6.91. The molecule has 9 heavy (non-hydrogen) atoms. The van der Waals surface area contributed by atoms with E-state index in [1.807, 2.05) is 0 Å². The third-order valence-electron chi connectivity index (χ3n) is 0.820. The minimum absolute atomic E-state index is 0.0903. The van der Waals surface area contributed by atoms with Crippen molar-refractivity contribution in [2.45, 2.75) is 0 Å². The molecule has 4 nitrogen and oxygen atoms in total. The highest BCUT2D eigenvalue weighted by atomic mass is 32.2. The molecule has 0 fully saturated rings. The van der Waals surface area contributed by atoms with E-state index in [2.05, 4.69) is 0 Å². The molecule has 0 aliphatic carbocycles. The Kier molecular flexibility index (Phi) is 1.21. The SMILES string of the molecule is O=[N+]1C=CC=CS1(=O)=O. The fraction of sp³-hybridized carbons (Fsp3) is 0. The largest absolute Gasteiger partial charge is 0.435 e. The monoisotopic (exact) mass is 146 g/mol. The van der Waals surface area contributed by atoms with Crippen LogP contribution in [-0.2, 0) is 10.0 Å². The first-order valence-corrected chi connectivity index (χ1v) is 3.70. The Morgan fingerprint density at radius 1 is 1.22 bits per heavy atom. The molecule has 0 saturated heterocycles. The van der Waals surface area contributed by atoms with Gasteiger partial charge in [0.2, 0.25) is 6.20 Å². The zero-order valence-electron chi connectivity index (χ0n) is 4.39. The highest BCUT2D eigenvalue weighted by Gasteiger charge is 2.24. The van der Waals surface area contributed by atoms with Gasteiger partial charge < -0.3 is 0 Å². The highest BCUT2D eigenvalue weighted by molar-refractivity contribution is 7.88. The van der Waals surface area contributed by atoms with E-state index in [4.69, 9.17) is 0 Å². The van der Waals surface area contributed by atoms with Gasteiger partial charge in [-0.25, -0.2) is 0 Å². The van der Waals surface area contributed by atoms with Crippen LogP contribution < -0.4 is 0 Å². The molecule has 1 aliphatic rings. The van der Waals surface area contributed by atoms with Crippen LogP contribution in [0.25, 0.3) is 0 Å². The van der Waals surface area contributed by atoms with Crippen molar-refractivity contribution in [1.29, 1.82) is 0 Å². The normalized spacial score (nSPS) is 22.4. The second kappa shape index (κ2) is 1.77. The van der Waals surface area contributed by atoms with Crippen LogP contribution in [0.2, 0.25) is 0 Å². The smallest absolute Gasteiger partial charge is 0.154 e. The Hall–Kier alpha value is -0.970. The van der Waals surface area contributed by atoms with Gasteiger partial charge in [-0.15, -0.1) is 0 Å². The van der Waals surface area contributed by atoms with Crippen molar-refractivity contribution in [2.75, 3.05) is 0 Å². The molecule has 0 atom stereocenters. The maximum absolute atomic E-state index is 10.5. The van der Waals surface area contributed by atoms with Gasteiger partial charge in [-0.2, -0.15) is 8.42 Å². The van der Waals surface area contributed by atoms with Crippen molar-refractivity contribution in [3.8, 4) is 0 Å². The van der Waals surface area contributed by atoms with Crippen LogP contribution in [0, 0.1) is 4.91 Å². The van der Waals surface area contributed by atoms with Crippen LogP contribution in [0.3, 0.4) is 0 Å². The zero-order valence-corrected chi connectivity index (χ0v) is 5.21. The summed E-state index contributed by atoms with van der Waals surface area (Å²) in [5.41, 5.74) is 0. The van der Waals surface area contributed by atoms with Crippen molar-refractivity contribution in [2.24, 2.45) is 0 Å². The summed E-state index contributed by atoms with van der Waals surface area (Å²) >= 11 is 0. The van der Waals surface area contributed by atoms with Gasteiger partial charge >= 0.3 is 10.0 Å². The molecule has 1 aliphatic heterocycles. The molecule has 0 radical (unpaired) electrons. The van der Waals surface area contributed by atoms with E-state index < -0.39 is 10.0 Å². The summed E-state index contributed by atoms with van der Waals surface area (Å²) in [7, 11) is -3.65. The number of nitroso groups, excluding NO2 is 1. The summed E-state index contributed by atoms with van der Waals surface area (Å²) in [6.45, 7) is 0. The first-order valence-electron chi connectivity index (χ1n) is 2.19. The van der Waals surface area contributed by atoms with Crippen molar-refractivity contribution in [1.82, 2.24) is 0 Å². The number of hydrogen-bond acceptors (Lipinski definition) is 3. The fourth-order valence-corrected chi connectivity index (χ4v) is 1.06. The highest BCUT2D eigenvalue weighted by Crippen LogP contribution is 2.00. The standard InChI is InChI=1S/C4H4NO3S/c6-5-3-1-2-4-9(5,7)8/h1-4H/q+1. The molecule has 1 rings (SSSR count). The lowest BCUT2D eigenvalue weighted by Crippen LogP contribution is -2.10. The van der Waals surface area contributed by atoms with Crippen LogP contribution in [0.4, 0.5) is 0 Å². The van der Waals surface area contributed by atoms with Gasteiger partial charge in [0.25, 0.3) is 0 Å². The lowest BCUT2D eigenvalue weighted by molar-refractivity contribution is -0.303. The Morgan fingerprint density at radius 3 is 2.22 bits per heavy atom. The summed E-state index contributed by atoms with van der Waals surface area (Å²) in [5.74, 6) is 0. The molecule has 0 aromatic rings. The summed E-state index contributed by atoms with van der Waals surface area (Å²) in [4.78, 5) is 10.3. The second-order valence-corrected chi connectivity index (χ2v) is 3.13. The molecule has 48 valence electrons. The van der Waals surface area contributed by atoms with E-state index in [9.17, 15) is 13.3 Å². The first-order chi connectivity index (χ1) is 4.13. The van der Waals surface area contributed by atoms with Crippen molar-refractivity contribution in [3.63, 3.8) is 0 Å². The summed E-state index contributed by atoms with van der Waals surface area (Å²) < 4.78 is 20.8. The van der Waals surface area contributed by atoms with Crippen LogP contribution >= 0.6 is 0 Å². The first kappa shape index (κ1) is 6.15. The van der Waals surface area contributed by atoms with Crippen LogP contribution in [0.1, 0.15) is 0 Å². The number of sulfonamides is 1. The third kappa shape index (κ3) is 1.05. The topological polar surface area (TPSA) is 54.2 Å². The number of rotatable bonds is 0. The lowest BCUT2D eigenvalue weighted by atomic mass is 10.6. The van der Waals surface area contributed by atoms with E-state index in [-0.39, 0.29) is 4.17 Å². The Balaban J connectivity index is 3.22. The summed E-state index contributed by atoms with van der Waals surface area (Å²) in [6, 6.07) is 0. The molecular formula is C4H4NO3S+. The van der Waals surface area contributed by atoms with Gasteiger partial charge in [-0.1, -0.05) is 0 Å². The summed E-state index contributed by atoms with van der Waals surface area (Å²) in [6.07, 6.45) is 3.59. The molecule has 0 unspecified atom stereocenters. The van der Waals surface area contributed by atoms with Gasteiger partial charge in [-0.3, -0.25) is 0 Å². The Bertz CT molecular complexity index is 285. The molecular weight excluding hydrogens is 142 g/mol. The minimum Gasteiger partial charge on any atom is -0.154 e. The second-order valence-electron chi connectivity index (χ2n) is 1.47. The van der Waals surface area contributed by atoms with E-state index in [0.29, 0.717) is 0 Å². The molecule has 0 N–H and O–H groups in total. The van der Waals surface area contributed by atoms with Gasteiger partial charge in [0, 0.05) is 11.0 Å². The average molecular weight is 146 g/mol. The average Bonchev–Trinajstić information content (AvgIpc) is 1.77. The maximum Gasteiger partial charge on any atom is 0.435 e. The number of allylic oxidation sites excluding steroid dienone is 2. The molecule has 0 saturated carbocycles. The number of nitrogens with zero attached hydrogens (tertiary/aromatic N) is 1. The van der Waals surface area contributed by atoms with Crippen molar-refractivity contribution >= 4 is 10.0 Å². The molecule has 0 amide bonds. The van der Waals surface area contributed by atoms with E-state index in [0.717, 1.165) is 11.6 Å². The van der Waals surface area contributed by atoms with Gasteiger partial charge in [0.15, 0.2) is 4.17 Å². The van der Waals surface area contributed by atoms with Gasteiger partial charge in [0.05, 0.1) is 0 Å². The molecule has 5 heteroatoms. The maximum atomic E-state index is 10.5. The fourth-order valence-electron chi connectivity index (χ4n) is 0.409. The van der Waals surface area contributed by atoms with E-state index in [1.165, 1.54) is 12.2 Å². The minimum atomic E-state index is -3.65. The van der Waals surface area contributed by atoms with Crippen LogP contribution in [0.15, 0.2) is 23.8 Å². The van der Waals surface area contributed by atoms with E-state index >= 15 is 0 Å². The van der Waals surface area contributed by atoms with E-state index in [1.54, 1.807) is 0 Å². The molecule has 0 aromatic carbocycles. The van der Waals surface area contributed by atoms with Crippen molar-refractivity contribution < 1.29 is 12.6 Å². The molecule has 0 aromatic heterocycles. The van der Waals surface area contributed by atoms with Gasteiger partial charge in [-0.05, 0) is 6.08 Å².